The number of carbonyl (C=O) groups is 4. The van der Waals surface area contributed by atoms with E-state index < -0.39 is 47.9 Å². The van der Waals surface area contributed by atoms with Crippen molar-refractivity contribution in [2.45, 2.75) is 51.4 Å². The average molecular weight is 495 g/mol. The highest BCUT2D eigenvalue weighted by Crippen LogP contribution is 2.24. The molecule has 0 saturated carbocycles. The van der Waals surface area contributed by atoms with Gasteiger partial charge in [0.05, 0.1) is 6.42 Å². The number of nitrogens with one attached hydrogen (secondary N) is 2. The van der Waals surface area contributed by atoms with Gasteiger partial charge >= 0.3 is 6.09 Å². The van der Waals surface area contributed by atoms with Gasteiger partial charge in [-0.15, -0.1) is 0 Å². The average Bonchev–Trinajstić information content (AvgIpc) is 2.80. The van der Waals surface area contributed by atoms with Crippen molar-refractivity contribution in [1.82, 2.24) is 15.5 Å². The summed E-state index contributed by atoms with van der Waals surface area (Å²) in [5.41, 5.74) is 5.52. The van der Waals surface area contributed by atoms with Crippen LogP contribution in [0.4, 0.5) is 4.79 Å². The second kappa shape index (κ2) is 12.3. The molecule has 5 N–H and O–H groups in total. The highest BCUT2D eigenvalue weighted by Gasteiger charge is 2.36. The number of hydrogen-bond acceptors (Lipinski definition) is 6. The summed E-state index contributed by atoms with van der Waals surface area (Å²) in [5, 5.41) is 14.7. The number of primary amides is 1. The number of rotatable bonds is 9. The number of nitrogens with zero attached hydrogens (tertiary/aromatic N) is 1. The fraction of sp³-hybridized carbons (Fsp3) is 0.308. The predicted molar refractivity (Wildman–Crippen MR) is 132 cm³/mol. The molecule has 10 nitrogen and oxygen atoms in total. The summed E-state index contributed by atoms with van der Waals surface area (Å²) in [6.07, 6.45) is 4.11. The molecule has 0 aliphatic rings. The third kappa shape index (κ3) is 8.36. The van der Waals surface area contributed by atoms with Gasteiger partial charge in [0.15, 0.2) is 0 Å². The Hall–Kier alpha value is -4.52. The van der Waals surface area contributed by atoms with Crippen LogP contribution in [0, 0.1) is 12.5 Å². The van der Waals surface area contributed by atoms with Crippen molar-refractivity contribution in [1.29, 1.82) is 0 Å². The van der Waals surface area contributed by atoms with E-state index in [4.69, 9.17) is 16.9 Å². The molecule has 0 saturated heterocycles. The molecule has 0 aromatic heterocycles. The van der Waals surface area contributed by atoms with Crippen LogP contribution in [0.3, 0.4) is 0 Å². The SMILES string of the molecule is C#CN(C(=O)C(CC(N)=O)NC(=O)OC(C)(C)C)C(C(=O)NCc1ccccc1)c1ccc(O)cc1. The number of carbonyl (C=O) groups excluding carboxylic acids is 4. The molecule has 2 atom stereocenters. The number of ether oxygens (including phenoxy) is 1. The maximum Gasteiger partial charge on any atom is 0.408 e. The molecule has 0 radical (unpaired) electrons. The lowest BCUT2D eigenvalue weighted by atomic mass is 10.0. The largest absolute Gasteiger partial charge is 0.508 e. The monoisotopic (exact) mass is 494 g/mol. The van der Waals surface area contributed by atoms with E-state index in [-0.39, 0.29) is 12.3 Å². The van der Waals surface area contributed by atoms with Crippen molar-refractivity contribution in [3.8, 4) is 18.2 Å². The lowest BCUT2D eigenvalue weighted by Gasteiger charge is -2.30. The summed E-state index contributed by atoms with van der Waals surface area (Å²) >= 11 is 0. The number of aromatic hydroxyl groups is 1. The van der Waals surface area contributed by atoms with Gasteiger partial charge in [0.25, 0.3) is 5.91 Å². The van der Waals surface area contributed by atoms with Crippen LogP contribution in [-0.4, -0.2) is 45.5 Å². The Balaban J connectivity index is 2.38. The van der Waals surface area contributed by atoms with Crippen LogP contribution in [0.15, 0.2) is 54.6 Å². The Kier molecular flexibility index (Phi) is 9.44. The van der Waals surface area contributed by atoms with Gasteiger partial charge in [-0.25, -0.2) is 4.79 Å². The van der Waals surface area contributed by atoms with Gasteiger partial charge in [0, 0.05) is 12.6 Å². The molecular weight excluding hydrogens is 464 g/mol. The van der Waals surface area contributed by atoms with E-state index in [0.29, 0.717) is 5.56 Å². The summed E-state index contributed by atoms with van der Waals surface area (Å²) in [6.45, 7) is 5.04. The molecule has 2 rings (SSSR count). The molecule has 0 spiro atoms. The molecule has 2 aromatic rings. The third-order valence-corrected chi connectivity index (χ3v) is 4.80. The third-order valence-electron chi connectivity index (χ3n) is 4.80. The molecule has 0 fully saturated rings. The molecule has 0 aliphatic carbocycles. The van der Waals surface area contributed by atoms with E-state index >= 15 is 0 Å². The first-order chi connectivity index (χ1) is 16.9. The van der Waals surface area contributed by atoms with Crippen LogP contribution in [0.5, 0.6) is 5.75 Å². The van der Waals surface area contributed by atoms with E-state index in [9.17, 15) is 24.3 Å². The normalized spacial score (nSPS) is 12.4. The van der Waals surface area contributed by atoms with Gasteiger partial charge in [-0.1, -0.05) is 48.9 Å². The number of amides is 4. The van der Waals surface area contributed by atoms with E-state index in [1.54, 1.807) is 20.8 Å². The van der Waals surface area contributed by atoms with E-state index in [1.165, 1.54) is 24.3 Å². The minimum Gasteiger partial charge on any atom is -0.508 e. The maximum atomic E-state index is 13.4. The van der Waals surface area contributed by atoms with E-state index in [2.05, 4.69) is 16.7 Å². The summed E-state index contributed by atoms with van der Waals surface area (Å²) in [6, 6.07) is 14.0. The Labute approximate surface area is 209 Å². The number of hydrogen-bond donors (Lipinski definition) is 4. The lowest BCUT2D eigenvalue weighted by Crippen LogP contribution is -2.52. The summed E-state index contributed by atoms with van der Waals surface area (Å²) < 4.78 is 5.18. The number of benzene rings is 2. The standard InChI is InChI=1S/C26H30N4O6/c1-5-30(24(34)20(15-21(27)32)29-25(35)36-26(2,3)4)22(18-11-13-19(31)14-12-18)23(33)28-16-17-9-7-6-8-10-17/h1,6-14,20,22,31H,15-16H2,2-4H3,(H2,27,32)(H,28,33)(H,29,35). The van der Waals surface area contributed by atoms with Crippen LogP contribution in [0.2, 0.25) is 0 Å². The highest BCUT2D eigenvalue weighted by molar-refractivity contribution is 5.95. The molecule has 36 heavy (non-hydrogen) atoms. The summed E-state index contributed by atoms with van der Waals surface area (Å²) in [5.74, 6) is -2.48. The molecule has 4 amide bonds. The van der Waals surface area contributed by atoms with Gasteiger partial charge < -0.3 is 26.2 Å². The Bertz CT molecular complexity index is 1120. The number of alkyl carbamates (subject to hydrolysis) is 1. The molecule has 0 aliphatic heterocycles. The van der Waals surface area contributed by atoms with Gasteiger partial charge in [-0.2, -0.15) is 0 Å². The number of phenolic OH excluding ortho intramolecular Hbond substituents is 1. The van der Waals surface area contributed by atoms with Gasteiger partial charge in [-0.05, 0) is 44.0 Å². The molecule has 2 unspecified atom stereocenters. The Morgan fingerprint density at radius 1 is 1.08 bits per heavy atom. The number of phenols is 1. The summed E-state index contributed by atoms with van der Waals surface area (Å²) in [4.78, 5) is 51.5. The Morgan fingerprint density at radius 3 is 2.22 bits per heavy atom. The van der Waals surface area contributed by atoms with E-state index in [0.717, 1.165) is 10.5 Å². The highest BCUT2D eigenvalue weighted by atomic mass is 16.6. The quantitative estimate of drug-likeness (QED) is 0.309. The second-order valence-corrected chi connectivity index (χ2v) is 8.90. The second-order valence-electron chi connectivity index (χ2n) is 8.90. The van der Waals surface area contributed by atoms with Crippen molar-refractivity contribution in [3.05, 3.63) is 65.7 Å². The molecular formula is C26H30N4O6. The van der Waals surface area contributed by atoms with Crippen molar-refractivity contribution in [2.24, 2.45) is 5.73 Å². The van der Waals surface area contributed by atoms with Gasteiger partial charge in [0.2, 0.25) is 11.8 Å². The first-order valence-electron chi connectivity index (χ1n) is 11.1. The van der Waals surface area contributed by atoms with Gasteiger partial charge in [0.1, 0.15) is 23.4 Å². The van der Waals surface area contributed by atoms with Crippen LogP contribution < -0.4 is 16.4 Å². The summed E-state index contributed by atoms with van der Waals surface area (Å²) in [7, 11) is 0. The van der Waals surface area contributed by atoms with Crippen LogP contribution >= 0.6 is 0 Å². The number of nitrogens with two attached hydrogens (primary N) is 1. The van der Waals surface area contributed by atoms with Crippen molar-refractivity contribution < 1.29 is 29.0 Å². The molecule has 0 heterocycles. The van der Waals surface area contributed by atoms with Crippen LogP contribution in [0.25, 0.3) is 0 Å². The van der Waals surface area contributed by atoms with Gasteiger partial charge in [-0.3, -0.25) is 19.3 Å². The molecule has 10 heteroatoms. The zero-order valence-electron chi connectivity index (χ0n) is 20.4. The lowest BCUT2D eigenvalue weighted by molar-refractivity contribution is -0.139. The van der Waals surface area contributed by atoms with Crippen molar-refractivity contribution in [3.63, 3.8) is 0 Å². The predicted octanol–water partition coefficient (Wildman–Crippen LogP) is 1.94. The molecule has 2 aromatic carbocycles. The topological polar surface area (TPSA) is 151 Å². The minimum atomic E-state index is -1.49. The van der Waals surface area contributed by atoms with Crippen LogP contribution in [0.1, 0.15) is 44.4 Å². The fourth-order valence-corrected chi connectivity index (χ4v) is 3.24. The van der Waals surface area contributed by atoms with Crippen molar-refractivity contribution in [2.75, 3.05) is 0 Å². The minimum absolute atomic E-state index is 0.0565. The van der Waals surface area contributed by atoms with Crippen molar-refractivity contribution >= 4 is 23.8 Å². The Morgan fingerprint density at radius 2 is 1.69 bits per heavy atom. The smallest absolute Gasteiger partial charge is 0.408 e. The zero-order chi connectivity index (χ0) is 26.9. The molecule has 190 valence electrons. The fourth-order valence-electron chi connectivity index (χ4n) is 3.24. The van der Waals surface area contributed by atoms with Crippen LogP contribution in [-0.2, 0) is 25.7 Å². The number of terminal acetylenes is 1. The zero-order valence-corrected chi connectivity index (χ0v) is 20.4. The first-order valence-corrected chi connectivity index (χ1v) is 11.1. The first kappa shape index (κ1) is 27.7. The van der Waals surface area contributed by atoms with E-state index in [1.807, 2.05) is 30.3 Å². The maximum absolute atomic E-state index is 13.4. The molecule has 0 bridgehead atoms.